The molecule has 0 heterocycles. The van der Waals surface area contributed by atoms with Crippen LogP contribution in [0.4, 0.5) is 13.2 Å². The molecule has 0 aromatic heterocycles. The molecule has 0 rings (SSSR count). The van der Waals surface area contributed by atoms with Gasteiger partial charge in [0.1, 0.15) is 4.55 Å². The predicted molar refractivity (Wildman–Crippen MR) is 59.5 cm³/mol. The largest absolute Gasteiger partial charge is 0.471 e. The number of hydrogen-bond donors (Lipinski definition) is 1. The number of carbonyl (C=O) groups is 1. The maximum atomic E-state index is 11.8. The van der Waals surface area contributed by atoms with Gasteiger partial charge < -0.3 is 9.80 Å². The van der Waals surface area contributed by atoms with E-state index in [0.717, 1.165) is 15.6 Å². The summed E-state index contributed by atoms with van der Waals surface area (Å²) in [7, 11) is 3.97. The van der Waals surface area contributed by atoms with Crippen molar-refractivity contribution < 1.29 is 22.4 Å². The summed E-state index contributed by atoms with van der Waals surface area (Å²) in [6.07, 6.45) is -4.23. The van der Waals surface area contributed by atoms with Crippen LogP contribution in [-0.4, -0.2) is 48.3 Å². The zero-order valence-electron chi connectivity index (χ0n) is 8.70. The lowest BCUT2D eigenvalue weighted by Crippen LogP contribution is -2.42. The van der Waals surface area contributed by atoms with E-state index in [4.69, 9.17) is 0 Å². The number of nitrogens with one attached hydrogen (secondary N) is 1. The topological polar surface area (TPSA) is 29.1 Å². The molecule has 0 unspecified atom stereocenters. The Labute approximate surface area is 101 Å². The number of hydrogen-bond acceptors (Lipinski definition) is 1. The zero-order chi connectivity index (χ0) is 12.1. The molecule has 0 radical (unpaired) electrons. The van der Waals surface area contributed by atoms with Gasteiger partial charge in [-0.15, -0.1) is 0 Å². The number of halogens is 4. The standard InChI is InChI=1S/C8H14F3IN2O/c1-14(2,6-12)5-3-4-13-7(15)8(9,10)11/h3-6H2,1-2H3/p+1. The highest BCUT2D eigenvalue weighted by molar-refractivity contribution is 14.1. The number of amides is 1. The average Bonchev–Trinajstić information content (AvgIpc) is 2.10. The molecule has 0 saturated carbocycles. The van der Waals surface area contributed by atoms with Gasteiger partial charge in [0, 0.05) is 13.0 Å². The molecule has 1 amide bonds. The number of alkyl halides is 4. The van der Waals surface area contributed by atoms with Gasteiger partial charge in [-0.25, -0.2) is 0 Å². The number of quaternary nitrogens is 1. The summed E-state index contributed by atoms with van der Waals surface area (Å²) < 4.78 is 36.9. The van der Waals surface area contributed by atoms with Gasteiger partial charge in [-0.1, -0.05) is 0 Å². The Balaban J connectivity index is 3.69. The Bertz CT molecular complexity index is 218. The quantitative estimate of drug-likeness (QED) is 0.266. The van der Waals surface area contributed by atoms with Gasteiger partial charge in [-0.05, 0) is 22.6 Å². The van der Waals surface area contributed by atoms with E-state index in [1.165, 1.54) is 0 Å². The van der Waals surface area contributed by atoms with Crippen molar-refractivity contribution in [2.45, 2.75) is 12.6 Å². The van der Waals surface area contributed by atoms with Crippen LogP contribution in [0, 0.1) is 0 Å². The lowest BCUT2D eigenvalue weighted by molar-refractivity contribution is -0.874. The van der Waals surface area contributed by atoms with Crippen molar-refractivity contribution in [1.29, 1.82) is 0 Å². The van der Waals surface area contributed by atoms with Crippen LogP contribution >= 0.6 is 22.6 Å². The maximum absolute atomic E-state index is 11.8. The first-order valence-electron chi connectivity index (χ1n) is 4.42. The SMILES string of the molecule is C[N+](C)(CI)CCCNC(=O)C(F)(F)F. The first kappa shape index (κ1) is 14.9. The molecule has 0 fully saturated rings. The molecular formula is C8H15F3IN2O+. The van der Waals surface area contributed by atoms with E-state index < -0.39 is 12.1 Å². The number of rotatable bonds is 5. The summed E-state index contributed by atoms with van der Waals surface area (Å²) in [6, 6.07) is 0. The molecule has 15 heavy (non-hydrogen) atoms. The Morgan fingerprint density at radius 3 is 2.33 bits per heavy atom. The molecule has 0 bridgehead atoms. The lowest BCUT2D eigenvalue weighted by atomic mass is 10.3. The third-order valence-electron chi connectivity index (χ3n) is 1.81. The van der Waals surface area contributed by atoms with Crippen LogP contribution in [0.5, 0.6) is 0 Å². The molecule has 0 aromatic rings. The second-order valence-corrected chi connectivity index (χ2v) is 4.57. The third-order valence-corrected chi connectivity index (χ3v) is 3.65. The van der Waals surface area contributed by atoms with Crippen LogP contribution in [0.15, 0.2) is 0 Å². The van der Waals surface area contributed by atoms with E-state index >= 15 is 0 Å². The Morgan fingerprint density at radius 2 is 1.93 bits per heavy atom. The van der Waals surface area contributed by atoms with Crippen molar-refractivity contribution in [2.75, 3.05) is 31.7 Å². The maximum Gasteiger partial charge on any atom is 0.471 e. The summed E-state index contributed by atoms with van der Waals surface area (Å²) in [5.74, 6) is -1.86. The molecule has 0 aromatic carbocycles. The molecule has 1 N–H and O–H groups in total. The normalized spacial score (nSPS) is 12.7. The van der Waals surface area contributed by atoms with Crippen LogP contribution in [0.3, 0.4) is 0 Å². The highest BCUT2D eigenvalue weighted by atomic mass is 127. The van der Waals surface area contributed by atoms with E-state index in [1.54, 1.807) is 0 Å². The molecule has 7 heteroatoms. The van der Waals surface area contributed by atoms with E-state index in [-0.39, 0.29) is 6.54 Å². The van der Waals surface area contributed by atoms with Crippen LogP contribution in [-0.2, 0) is 4.79 Å². The molecule has 0 aliphatic heterocycles. The molecule has 0 saturated heterocycles. The first-order valence-corrected chi connectivity index (χ1v) is 5.94. The highest BCUT2D eigenvalue weighted by Gasteiger charge is 2.38. The first-order chi connectivity index (χ1) is 6.69. The van der Waals surface area contributed by atoms with Gasteiger partial charge in [0.2, 0.25) is 0 Å². The minimum absolute atomic E-state index is 0.0661. The summed E-state index contributed by atoms with van der Waals surface area (Å²) >= 11 is 2.21. The van der Waals surface area contributed by atoms with Gasteiger partial charge in [0.05, 0.1) is 20.6 Å². The second-order valence-electron chi connectivity index (χ2n) is 3.89. The van der Waals surface area contributed by atoms with Crippen LogP contribution in [0.1, 0.15) is 6.42 Å². The second kappa shape index (κ2) is 5.88. The molecule has 0 atom stereocenters. The fourth-order valence-corrected chi connectivity index (χ4v) is 1.21. The average molecular weight is 339 g/mol. The zero-order valence-corrected chi connectivity index (χ0v) is 10.9. The van der Waals surface area contributed by atoms with E-state index in [2.05, 4.69) is 22.6 Å². The van der Waals surface area contributed by atoms with Crippen molar-refractivity contribution in [3.8, 4) is 0 Å². The van der Waals surface area contributed by atoms with Crippen LogP contribution in [0.25, 0.3) is 0 Å². The van der Waals surface area contributed by atoms with E-state index in [0.29, 0.717) is 6.42 Å². The van der Waals surface area contributed by atoms with Crippen LogP contribution in [0.2, 0.25) is 0 Å². The fourth-order valence-electron chi connectivity index (χ4n) is 0.869. The minimum atomic E-state index is -4.77. The molecule has 3 nitrogen and oxygen atoms in total. The van der Waals surface area contributed by atoms with Crippen molar-refractivity contribution >= 4 is 28.5 Å². The Kier molecular flexibility index (Phi) is 5.86. The van der Waals surface area contributed by atoms with E-state index in [1.807, 2.05) is 19.4 Å². The van der Waals surface area contributed by atoms with Crippen molar-refractivity contribution in [1.82, 2.24) is 5.32 Å². The summed E-state index contributed by atoms with van der Waals surface area (Å²) in [5.41, 5.74) is 0. The number of carbonyl (C=O) groups excluding carboxylic acids is 1. The van der Waals surface area contributed by atoms with Gasteiger partial charge in [-0.3, -0.25) is 4.79 Å². The van der Waals surface area contributed by atoms with Gasteiger partial charge >= 0.3 is 12.1 Å². The molecule has 90 valence electrons. The Hall–Kier alpha value is -0.0500. The molecule has 0 aliphatic rings. The van der Waals surface area contributed by atoms with E-state index in [9.17, 15) is 18.0 Å². The highest BCUT2D eigenvalue weighted by Crippen LogP contribution is 2.13. The molecular weight excluding hydrogens is 324 g/mol. The fraction of sp³-hybridized carbons (Fsp3) is 0.875. The van der Waals surface area contributed by atoms with Crippen molar-refractivity contribution in [3.63, 3.8) is 0 Å². The Morgan fingerprint density at radius 1 is 1.40 bits per heavy atom. The van der Waals surface area contributed by atoms with Crippen molar-refractivity contribution in [3.05, 3.63) is 0 Å². The molecule has 0 spiro atoms. The van der Waals surface area contributed by atoms with Gasteiger partial charge in [0.15, 0.2) is 0 Å². The summed E-state index contributed by atoms with van der Waals surface area (Å²) in [6.45, 7) is 0.803. The lowest BCUT2D eigenvalue weighted by Gasteiger charge is -2.27. The third kappa shape index (κ3) is 6.93. The minimum Gasteiger partial charge on any atom is -0.348 e. The smallest absolute Gasteiger partial charge is 0.348 e. The summed E-state index contributed by atoms with van der Waals surface area (Å²) in [4.78, 5) is 10.4. The summed E-state index contributed by atoms with van der Waals surface area (Å²) in [5, 5.41) is 1.84. The van der Waals surface area contributed by atoms with Gasteiger partial charge in [-0.2, -0.15) is 13.2 Å². The van der Waals surface area contributed by atoms with Crippen molar-refractivity contribution in [2.24, 2.45) is 0 Å². The van der Waals surface area contributed by atoms with Crippen LogP contribution < -0.4 is 5.32 Å². The number of nitrogens with zero attached hydrogens (tertiary/aromatic N) is 1. The molecule has 0 aliphatic carbocycles. The monoisotopic (exact) mass is 339 g/mol. The van der Waals surface area contributed by atoms with Gasteiger partial charge in [0.25, 0.3) is 0 Å². The predicted octanol–water partition coefficient (Wildman–Crippen LogP) is 1.52.